The van der Waals surface area contributed by atoms with Crippen LogP contribution in [0.1, 0.15) is 49.8 Å². The van der Waals surface area contributed by atoms with Gasteiger partial charge in [-0.15, -0.1) is 0 Å². The van der Waals surface area contributed by atoms with E-state index in [1.165, 1.54) is 12.1 Å². The number of rotatable bonds is 12. The number of anilines is 1. The van der Waals surface area contributed by atoms with Gasteiger partial charge >= 0.3 is 6.18 Å². The standard InChI is InChI=1S/C36H41F3N6O2/c1-6-34(46)43-22-26-13-17-45(18-14-26)32-10-9-28(19-31(32)36(37,38)39)29-8-7-23(2)33(20-29)47-35(30(21-40)25(4)41-5)44-24(3)27-11-15-42-16-12-27/h7-12,15-16,19-21,26,40-41H,4,6,13-14,17-18,22H2,1-3,5H3,(H,43,46)/b35-30+,40-21?,44-24+. The third-order valence-corrected chi connectivity index (χ3v) is 8.26. The molecule has 47 heavy (non-hydrogen) atoms. The lowest BCUT2D eigenvalue weighted by Gasteiger charge is -2.35. The molecular weight excluding hydrogens is 605 g/mol. The minimum atomic E-state index is -4.57. The van der Waals surface area contributed by atoms with E-state index < -0.39 is 11.7 Å². The molecule has 0 spiro atoms. The molecule has 1 aliphatic heterocycles. The lowest BCUT2D eigenvalue weighted by molar-refractivity contribution is -0.137. The van der Waals surface area contributed by atoms with E-state index >= 15 is 0 Å². The van der Waals surface area contributed by atoms with Gasteiger partial charge in [0, 0.05) is 68.8 Å². The minimum Gasteiger partial charge on any atom is -0.438 e. The number of ether oxygens (including phenoxy) is 1. The molecule has 1 aromatic heterocycles. The van der Waals surface area contributed by atoms with E-state index in [1.807, 2.05) is 6.92 Å². The number of hydrogen-bond donors (Lipinski definition) is 3. The van der Waals surface area contributed by atoms with Crippen LogP contribution >= 0.6 is 0 Å². The van der Waals surface area contributed by atoms with Crippen LogP contribution in [0, 0.1) is 18.3 Å². The first-order valence-corrected chi connectivity index (χ1v) is 15.5. The predicted octanol–water partition coefficient (Wildman–Crippen LogP) is 7.30. The highest BCUT2D eigenvalue weighted by Gasteiger charge is 2.36. The summed E-state index contributed by atoms with van der Waals surface area (Å²) in [5, 5.41) is 13.9. The highest BCUT2D eigenvalue weighted by Crippen LogP contribution is 2.41. The molecule has 1 amide bonds. The number of allylic oxidation sites excluding steroid dienone is 1. The number of nitrogens with one attached hydrogen (secondary N) is 3. The molecule has 0 aliphatic carbocycles. The molecule has 0 unspecified atom stereocenters. The summed E-state index contributed by atoms with van der Waals surface area (Å²) in [6.45, 7) is 10.9. The minimum absolute atomic E-state index is 0.0225. The number of benzene rings is 2. The number of nitrogens with zero attached hydrogens (tertiary/aromatic N) is 3. The Morgan fingerprint density at radius 3 is 2.40 bits per heavy atom. The van der Waals surface area contributed by atoms with Crippen molar-refractivity contribution < 1.29 is 22.7 Å². The summed E-state index contributed by atoms with van der Waals surface area (Å²) in [5.74, 6) is 0.696. The Kier molecular flexibility index (Phi) is 11.6. The van der Waals surface area contributed by atoms with Gasteiger partial charge in [0.1, 0.15) is 5.75 Å². The lowest BCUT2D eigenvalue weighted by Crippen LogP contribution is -2.39. The molecule has 0 saturated carbocycles. The van der Waals surface area contributed by atoms with Crippen LogP contribution in [0.4, 0.5) is 18.9 Å². The summed E-state index contributed by atoms with van der Waals surface area (Å²) in [4.78, 5) is 22.1. The Bertz CT molecular complexity index is 1660. The van der Waals surface area contributed by atoms with Crippen LogP contribution < -0.4 is 20.3 Å². The molecule has 1 saturated heterocycles. The maximum Gasteiger partial charge on any atom is 0.418 e. The second-order valence-corrected chi connectivity index (χ2v) is 11.4. The number of aromatic nitrogens is 1. The number of likely N-dealkylation sites (N-methyl/N-ethyl adjacent to an activating group) is 1. The third kappa shape index (κ3) is 8.87. The van der Waals surface area contributed by atoms with Crippen molar-refractivity contribution in [1.29, 1.82) is 5.41 Å². The maximum atomic E-state index is 14.5. The zero-order valence-corrected chi connectivity index (χ0v) is 27.2. The molecule has 1 fully saturated rings. The first-order valence-electron chi connectivity index (χ1n) is 15.5. The van der Waals surface area contributed by atoms with Gasteiger partial charge in [0.05, 0.1) is 11.1 Å². The van der Waals surface area contributed by atoms with E-state index in [4.69, 9.17) is 10.1 Å². The number of alkyl halides is 3. The number of hydrogen-bond acceptors (Lipinski definition) is 7. The SMILES string of the molecule is C=C(NC)/C(C=N)=C(\N=C(/C)c1ccncc1)Oc1cc(-c2ccc(N3CCC(CNC(=O)CC)CC3)c(C(F)(F)F)c2)ccc1C. The third-order valence-electron chi connectivity index (χ3n) is 8.26. The van der Waals surface area contributed by atoms with E-state index in [2.05, 4.69) is 27.2 Å². The summed E-state index contributed by atoms with van der Waals surface area (Å²) in [5.41, 5.74) is 3.23. The Labute approximate surface area is 274 Å². The van der Waals surface area contributed by atoms with Gasteiger partial charge in [-0.05, 0) is 85.2 Å². The van der Waals surface area contributed by atoms with Crippen molar-refractivity contribution in [3.63, 3.8) is 0 Å². The second kappa shape index (κ2) is 15.6. The smallest absolute Gasteiger partial charge is 0.418 e. The summed E-state index contributed by atoms with van der Waals surface area (Å²) in [7, 11) is 1.67. The van der Waals surface area contributed by atoms with Crippen molar-refractivity contribution in [3.05, 3.63) is 101 Å². The van der Waals surface area contributed by atoms with E-state index in [0.717, 1.165) is 17.3 Å². The van der Waals surface area contributed by atoms with Gasteiger partial charge in [0.25, 0.3) is 0 Å². The van der Waals surface area contributed by atoms with Crippen molar-refractivity contribution in [2.75, 3.05) is 31.6 Å². The normalized spacial score (nSPS) is 14.7. The number of amides is 1. The molecule has 11 heteroatoms. The van der Waals surface area contributed by atoms with Gasteiger partial charge in [-0.25, -0.2) is 4.99 Å². The molecule has 4 rings (SSSR count). The highest BCUT2D eigenvalue weighted by molar-refractivity contribution is 5.99. The molecule has 0 radical (unpaired) electrons. The van der Waals surface area contributed by atoms with Gasteiger partial charge in [0.2, 0.25) is 11.8 Å². The molecule has 0 atom stereocenters. The van der Waals surface area contributed by atoms with E-state index in [1.54, 1.807) is 74.6 Å². The van der Waals surface area contributed by atoms with Crippen molar-refractivity contribution >= 4 is 23.5 Å². The quantitative estimate of drug-likeness (QED) is 0.109. The molecule has 0 bridgehead atoms. The largest absolute Gasteiger partial charge is 0.438 e. The molecule has 3 N–H and O–H groups in total. The Morgan fingerprint density at radius 1 is 1.13 bits per heavy atom. The number of pyridine rings is 1. The first kappa shape index (κ1) is 34.9. The highest BCUT2D eigenvalue weighted by atomic mass is 19.4. The second-order valence-electron chi connectivity index (χ2n) is 11.4. The first-order chi connectivity index (χ1) is 22.4. The molecule has 3 aromatic rings. The number of aliphatic imine (C=N–C) groups is 1. The van der Waals surface area contributed by atoms with E-state index in [-0.39, 0.29) is 23.4 Å². The van der Waals surface area contributed by atoms with Gasteiger partial charge in [0.15, 0.2) is 0 Å². The predicted molar refractivity (Wildman–Crippen MR) is 181 cm³/mol. The zero-order chi connectivity index (χ0) is 34.1. The van der Waals surface area contributed by atoms with Crippen LogP contribution in [0.3, 0.4) is 0 Å². The Hall–Kier alpha value is -4.93. The number of aryl methyl sites for hydroxylation is 1. The van der Waals surface area contributed by atoms with Crippen molar-refractivity contribution in [2.24, 2.45) is 10.9 Å². The van der Waals surface area contributed by atoms with Crippen LogP contribution in [-0.2, 0) is 11.0 Å². The summed E-state index contributed by atoms with van der Waals surface area (Å²) < 4.78 is 49.7. The summed E-state index contributed by atoms with van der Waals surface area (Å²) in [6, 6.07) is 13.2. The number of carbonyl (C=O) groups is 1. The Balaban J connectivity index is 1.66. The molecular formula is C36H41F3N6O2. The average molecular weight is 647 g/mol. The fourth-order valence-electron chi connectivity index (χ4n) is 5.33. The fourth-order valence-corrected chi connectivity index (χ4v) is 5.33. The zero-order valence-electron chi connectivity index (χ0n) is 27.2. The average Bonchev–Trinajstić information content (AvgIpc) is 3.08. The van der Waals surface area contributed by atoms with Gasteiger partial charge < -0.3 is 25.7 Å². The molecule has 2 aromatic carbocycles. The maximum absolute atomic E-state index is 14.5. The van der Waals surface area contributed by atoms with Gasteiger partial charge in [-0.2, -0.15) is 13.2 Å². The van der Waals surface area contributed by atoms with Crippen LogP contribution in [0.15, 0.2) is 89.6 Å². The summed E-state index contributed by atoms with van der Waals surface area (Å²) in [6.07, 6.45) is 1.61. The Morgan fingerprint density at radius 2 is 1.79 bits per heavy atom. The number of carbonyl (C=O) groups excluding carboxylic acids is 1. The van der Waals surface area contributed by atoms with Crippen molar-refractivity contribution in [1.82, 2.24) is 15.6 Å². The van der Waals surface area contributed by atoms with Crippen LogP contribution in [0.25, 0.3) is 11.1 Å². The topological polar surface area (TPSA) is 103 Å². The summed E-state index contributed by atoms with van der Waals surface area (Å²) >= 11 is 0. The molecule has 1 aliphatic rings. The lowest BCUT2D eigenvalue weighted by atomic mass is 9.94. The monoisotopic (exact) mass is 646 g/mol. The van der Waals surface area contributed by atoms with E-state index in [0.29, 0.717) is 72.8 Å². The van der Waals surface area contributed by atoms with E-state index in [9.17, 15) is 18.0 Å². The van der Waals surface area contributed by atoms with Crippen molar-refractivity contribution in [2.45, 2.75) is 46.2 Å². The molecule has 2 heterocycles. The molecule has 248 valence electrons. The fraction of sp³-hybridized carbons (Fsp3) is 0.333. The number of piperidine rings is 1. The van der Waals surface area contributed by atoms with Crippen molar-refractivity contribution in [3.8, 4) is 16.9 Å². The van der Waals surface area contributed by atoms with Crippen LogP contribution in [0.2, 0.25) is 0 Å². The molecule has 8 nitrogen and oxygen atoms in total. The van der Waals surface area contributed by atoms with Gasteiger partial charge in [-0.3, -0.25) is 9.78 Å². The van der Waals surface area contributed by atoms with Crippen LogP contribution in [0.5, 0.6) is 5.75 Å². The van der Waals surface area contributed by atoms with Crippen LogP contribution in [-0.4, -0.2) is 49.5 Å². The van der Waals surface area contributed by atoms with Gasteiger partial charge in [-0.1, -0.05) is 31.7 Å². The number of halogens is 3.